The molecule has 23 heavy (non-hydrogen) atoms. The van der Waals surface area contributed by atoms with Crippen LogP contribution in [0.3, 0.4) is 0 Å². The van der Waals surface area contributed by atoms with Gasteiger partial charge in [-0.25, -0.2) is 0 Å². The molecule has 1 aromatic carbocycles. The lowest BCUT2D eigenvalue weighted by Gasteiger charge is -2.31. The highest BCUT2D eigenvalue weighted by Crippen LogP contribution is 2.32. The molecule has 1 N–H and O–H groups in total. The lowest BCUT2D eigenvalue weighted by Crippen LogP contribution is -2.33. The third-order valence-corrected chi connectivity index (χ3v) is 4.80. The normalized spacial score (nSPS) is 18.5. The molecule has 1 aromatic heterocycles. The average Bonchev–Trinajstić information content (AvgIpc) is 2.64. The zero-order valence-corrected chi connectivity index (χ0v) is 13.7. The highest BCUT2D eigenvalue weighted by atomic mass is 16.3. The van der Waals surface area contributed by atoms with Crippen molar-refractivity contribution in [2.45, 2.75) is 37.7 Å². The van der Waals surface area contributed by atoms with Crippen LogP contribution in [-0.2, 0) is 5.60 Å². The first-order valence-corrected chi connectivity index (χ1v) is 8.71. The largest absolute Gasteiger partial charge is 0.379 e. The first kappa shape index (κ1) is 16.2. The molecule has 0 amide bonds. The lowest BCUT2D eigenvalue weighted by molar-refractivity contribution is 0.0595. The zero-order chi connectivity index (χ0) is 16.0. The van der Waals surface area contributed by atoms with Crippen LogP contribution in [0.1, 0.15) is 43.4 Å². The number of aromatic nitrogens is 1. The molecule has 1 atom stereocenters. The van der Waals surface area contributed by atoms with Gasteiger partial charge in [0.2, 0.25) is 0 Å². The van der Waals surface area contributed by atoms with Gasteiger partial charge in [-0.15, -0.1) is 0 Å². The van der Waals surface area contributed by atoms with Gasteiger partial charge in [-0.05, 0) is 63.0 Å². The van der Waals surface area contributed by atoms with Crippen molar-refractivity contribution >= 4 is 0 Å². The molecule has 0 aliphatic carbocycles. The molecule has 0 unspecified atom stereocenters. The van der Waals surface area contributed by atoms with Crippen molar-refractivity contribution in [2.24, 2.45) is 0 Å². The van der Waals surface area contributed by atoms with Crippen LogP contribution in [0.25, 0.3) is 0 Å². The van der Waals surface area contributed by atoms with E-state index in [1.807, 2.05) is 48.5 Å². The Labute approximate surface area is 139 Å². The number of hydrogen-bond acceptors (Lipinski definition) is 3. The Morgan fingerprint density at radius 2 is 1.70 bits per heavy atom. The maximum Gasteiger partial charge on any atom is 0.131 e. The Morgan fingerprint density at radius 3 is 2.39 bits per heavy atom. The molecule has 2 heterocycles. The summed E-state index contributed by atoms with van der Waals surface area (Å²) in [4.78, 5) is 6.95. The van der Waals surface area contributed by atoms with Crippen LogP contribution in [0.4, 0.5) is 0 Å². The average molecular weight is 310 g/mol. The maximum atomic E-state index is 11.4. The third kappa shape index (κ3) is 3.98. The van der Waals surface area contributed by atoms with Crippen LogP contribution in [-0.4, -0.2) is 34.6 Å². The number of pyridine rings is 1. The Bertz CT molecular complexity index is 540. The van der Waals surface area contributed by atoms with Gasteiger partial charge < -0.3 is 10.0 Å². The molecule has 3 heteroatoms. The van der Waals surface area contributed by atoms with Crippen LogP contribution >= 0.6 is 0 Å². The molecule has 1 aliphatic rings. The van der Waals surface area contributed by atoms with Gasteiger partial charge in [0.05, 0.1) is 5.69 Å². The van der Waals surface area contributed by atoms with E-state index in [0.29, 0.717) is 6.42 Å². The minimum Gasteiger partial charge on any atom is -0.379 e. The summed E-state index contributed by atoms with van der Waals surface area (Å²) >= 11 is 0. The molecule has 0 bridgehead atoms. The second kappa shape index (κ2) is 7.71. The van der Waals surface area contributed by atoms with E-state index >= 15 is 0 Å². The Morgan fingerprint density at radius 1 is 0.957 bits per heavy atom. The maximum absolute atomic E-state index is 11.4. The van der Waals surface area contributed by atoms with E-state index in [1.54, 1.807) is 6.20 Å². The third-order valence-electron chi connectivity index (χ3n) is 4.80. The first-order chi connectivity index (χ1) is 11.3. The fourth-order valence-electron chi connectivity index (χ4n) is 3.48. The van der Waals surface area contributed by atoms with Gasteiger partial charge in [0.25, 0.3) is 0 Å². The molecule has 0 saturated carbocycles. The Hall–Kier alpha value is -1.71. The second-order valence-corrected chi connectivity index (χ2v) is 6.45. The first-order valence-electron chi connectivity index (χ1n) is 8.71. The monoisotopic (exact) mass is 310 g/mol. The molecule has 122 valence electrons. The SMILES string of the molecule is O[C@@](CCCN1CCCCC1)(c1ccccc1)c1ccccn1. The van der Waals surface area contributed by atoms with E-state index in [9.17, 15) is 5.11 Å². The molecular formula is C20H26N2O. The molecule has 2 aromatic rings. The number of benzene rings is 1. The second-order valence-electron chi connectivity index (χ2n) is 6.45. The van der Waals surface area contributed by atoms with Crippen molar-refractivity contribution in [2.75, 3.05) is 19.6 Å². The standard InChI is InChI=1S/C20H26N2O/c23-20(18-10-3-1-4-11-18,19-12-5-6-14-21-19)13-9-17-22-15-7-2-8-16-22/h1,3-6,10-12,14,23H,2,7-9,13,15-17H2/t20-/m0/s1. The lowest BCUT2D eigenvalue weighted by atomic mass is 9.85. The number of piperidine rings is 1. The van der Waals surface area contributed by atoms with Gasteiger partial charge in [0, 0.05) is 6.20 Å². The van der Waals surface area contributed by atoms with E-state index < -0.39 is 5.60 Å². The smallest absolute Gasteiger partial charge is 0.131 e. The number of rotatable bonds is 6. The summed E-state index contributed by atoms with van der Waals surface area (Å²) in [7, 11) is 0. The van der Waals surface area contributed by atoms with Gasteiger partial charge in [0.15, 0.2) is 0 Å². The van der Waals surface area contributed by atoms with Crippen LogP contribution < -0.4 is 0 Å². The van der Waals surface area contributed by atoms with E-state index in [4.69, 9.17) is 0 Å². The molecule has 1 aliphatic heterocycles. The topological polar surface area (TPSA) is 36.4 Å². The van der Waals surface area contributed by atoms with Crippen LogP contribution in [0.15, 0.2) is 54.7 Å². The summed E-state index contributed by atoms with van der Waals surface area (Å²) in [5, 5.41) is 11.4. The Balaban J connectivity index is 1.73. The quantitative estimate of drug-likeness (QED) is 0.886. The molecule has 0 spiro atoms. The van der Waals surface area contributed by atoms with Crippen molar-refractivity contribution in [3.8, 4) is 0 Å². The highest BCUT2D eigenvalue weighted by molar-refractivity contribution is 5.31. The molecule has 3 rings (SSSR count). The van der Waals surface area contributed by atoms with Crippen molar-refractivity contribution in [3.63, 3.8) is 0 Å². The molecule has 3 nitrogen and oxygen atoms in total. The fraction of sp³-hybridized carbons (Fsp3) is 0.450. The molecule has 1 fully saturated rings. The van der Waals surface area contributed by atoms with E-state index in [1.165, 1.54) is 32.4 Å². The predicted molar refractivity (Wildman–Crippen MR) is 93.2 cm³/mol. The zero-order valence-electron chi connectivity index (χ0n) is 13.7. The predicted octanol–water partition coefficient (Wildman–Crippen LogP) is 3.58. The van der Waals surface area contributed by atoms with Gasteiger partial charge in [-0.2, -0.15) is 0 Å². The molecule has 0 radical (unpaired) electrons. The van der Waals surface area contributed by atoms with Gasteiger partial charge in [-0.1, -0.05) is 42.8 Å². The fourth-order valence-corrected chi connectivity index (χ4v) is 3.48. The number of hydrogen-bond donors (Lipinski definition) is 1. The van der Waals surface area contributed by atoms with Crippen LogP contribution in [0.2, 0.25) is 0 Å². The highest BCUT2D eigenvalue weighted by Gasteiger charge is 2.32. The van der Waals surface area contributed by atoms with E-state index in [-0.39, 0.29) is 0 Å². The summed E-state index contributed by atoms with van der Waals surface area (Å²) in [5.41, 5.74) is 0.667. The van der Waals surface area contributed by atoms with Gasteiger partial charge in [0.1, 0.15) is 5.60 Å². The summed E-state index contributed by atoms with van der Waals surface area (Å²) < 4.78 is 0. The minimum atomic E-state index is -1.00. The van der Waals surface area contributed by atoms with Crippen molar-refractivity contribution in [1.82, 2.24) is 9.88 Å². The number of nitrogens with zero attached hydrogens (tertiary/aromatic N) is 2. The summed E-state index contributed by atoms with van der Waals surface area (Å²) in [6, 6.07) is 15.7. The van der Waals surface area contributed by atoms with E-state index in [0.717, 1.165) is 24.2 Å². The number of likely N-dealkylation sites (tertiary alicyclic amines) is 1. The minimum absolute atomic E-state index is 0.699. The molecule has 1 saturated heterocycles. The van der Waals surface area contributed by atoms with Gasteiger partial charge >= 0.3 is 0 Å². The summed E-state index contributed by atoms with van der Waals surface area (Å²) in [6.45, 7) is 3.46. The van der Waals surface area contributed by atoms with Crippen molar-refractivity contribution in [1.29, 1.82) is 0 Å². The van der Waals surface area contributed by atoms with Crippen LogP contribution in [0.5, 0.6) is 0 Å². The van der Waals surface area contributed by atoms with E-state index in [2.05, 4.69) is 9.88 Å². The van der Waals surface area contributed by atoms with Crippen molar-refractivity contribution in [3.05, 3.63) is 66.0 Å². The number of aliphatic hydroxyl groups is 1. The molecular weight excluding hydrogens is 284 g/mol. The summed E-state index contributed by atoms with van der Waals surface area (Å²) in [5.74, 6) is 0. The van der Waals surface area contributed by atoms with Gasteiger partial charge in [-0.3, -0.25) is 4.98 Å². The van der Waals surface area contributed by atoms with Crippen LogP contribution in [0, 0.1) is 0 Å². The summed E-state index contributed by atoms with van der Waals surface area (Å²) in [6.07, 6.45) is 7.41. The van der Waals surface area contributed by atoms with Crippen molar-refractivity contribution < 1.29 is 5.11 Å². The Kier molecular flexibility index (Phi) is 5.42.